The Labute approximate surface area is 105 Å². The van der Waals surface area contributed by atoms with Crippen LogP contribution >= 0.6 is 11.8 Å². The Morgan fingerprint density at radius 3 is 2.59 bits per heavy atom. The largest absolute Gasteiger partial charge is 0.337 e. The van der Waals surface area contributed by atoms with Crippen LogP contribution in [0.3, 0.4) is 0 Å². The summed E-state index contributed by atoms with van der Waals surface area (Å²) in [7, 11) is 0. The molecule has 2 nitrogen and oxygen atoms in total. The van der Waals surface area contributed by atoms with Gasteiger partial charge in [0.15, 0.2) is 0 Å². The maximum atomic E-state index is 4.37. The first kappa shape index (κ1) is 10.4. The van der Waals surface area contributed by atoms with Crippen LogP contribution in [0.25, 0.3) is 4.91 Å². The number of thioether (sulfide) groups is 1. The molecule has 1 aromatic carbocycles. The van der Waals surface area contributed by atoms with Gasteiger partial charge in [0, 0.05) is 18.1 Å². The van der Waals surface area contributed by atoms with Crippen LogP contribution in [0.2, 0.25) is 0 Å². The molecule has 2 heterocycles. The second-order valence-corrected chi connectivity index (χ2v) is 4.77. The van der Waals surface area contributed by atoms with Crippen molar-refractivity contribution in [3.63, 3.8) is 0 Å². The fourth-order valence-corrected chi connectivity index (χ4v) is 2.74. The van der Waals surface area contributed by atoms with Crippen LogP contribution in [0, 0.1) is 0 Å². The topological polar surface area (TPSA) is 16.1 Å². The summed E-state index contributed by atoms with van der Waals surface area (Å²) in [6.45, 7) is 0. The molecule has 3 rings (SSSR count). The summed E-state index contributed by atoms with van der Waals surface area (Å²) in [6, 6.07) is 16.4. The Hall–Kier alpha value is -1.74. The Kier molecular flexibility index (Phi) is 2.84. The van der Waals surface area contributed by atoms with Crippen molar-refractivity contribution in [3.05, 3.63) is 66.6 Å². The molecule has 17 heavy (non-hydrogen) atoms. The third-order valence-corrected chi connectivity index (χ3v) is 3.67. The van der Waals surface area contributed by atoms with E-state index in [1.54, 1.807) is 0 Å². The van der Waals surface area contributed by atoms with E-state index in [0.717, 1.165) is 11.6 Å². The molecule has 0 saturated carbocycles. The Morgan fingerprint density at radius 2 is 1.82 bits per heavy atom. The van der Waals surface area contributed by atoms with Gasteiger partial charge in [0.25, 0.3) is 0 Å². The van der Waals surface area contributed by atoms with Crippen molar-refractivity contribution in [1.29, 1.82) is 0 Å². The molecule has 0 saturated heterocycles. The number of hydrogen-bond acceptors (Lipinski definition) is 3. The van der Waals surface area contributed by atoms with E-state index in [1.165, 1.54) is 10.6 Å². The van der Waals surface area contributed by atoms with Gasteiger partial charge >= 0.3 is 0 Å². The first-order chi connectivity index (χ1) is 8.43. The highest BCUT2D eigenvalue weighted by Gasteiger charge is 2.16. The van der Waals surface area contributed by atoms with Crippen LogP contribution < -0.4 is 4.90 Å². The highest BCUT2D eigenvalue weighted by molar-refractivity contribution is 8.08. The van der Waals surface area contributed by atoms with Crippen molar-refractivity contribution >= 4 is 22.4 Å². The first-order valence-corrected chi connectivity index (χ1v) is 6.50. The number of nitrogens with zero attached hydrogens (tertiary/aromatic N) is 2. The zero-order valence-electron chi connectivity index (χ0n) is 9.28. The maximum Gasteiger partial charge on any atom is 0.0780 e. The molecule has 84 valence electrons. The smallest absolute Gasteiger partial charge is 0.0780 e. The van der Waals surface area contributed by atoms with Gasteiger partial charge in [-0.05, 0) is 24.3 Å². The molecular formula is C14H12N2S. The number of hydrogen-bond donors (Lipinski definition) is 0. The summed E-state index contributed by atoms with van der Waals surface area (Å²) in [5.74, 6) is 0.954. The van der Waals surface area contributed by atoms with Gasteiger partial charge in [0.05, 0.1) is 16.5 Å². The van der Waals surface area contributed by atoms with Gasteiger partial charge in [-0.1, -0.05) is 24.3 Å². The molecule has 1 aliphatic heterocycles. The number of aromatic nitrogens is 1. The van der Waals surface area contributed by atoms with Crippen LogP contribution in [-0.2, 0) is 0 Å². The molecule has 0 fully saturated rings. The first-order valence-electron chi connectivity index (χ1n) is 5.51. The molecule has 2 aromatic rings. The normalized spacial score (nSPS) is 14.8. The van der Waals surface area contributed by atoms with Crippen LogP contribution in [0.1, 0.15) is 5.69 Å². The van der Waals surface area contributed by atoms with Gasteiger partial charge in [-0.2, -0.15) is 0 Å². The van der Waals surface area contributed by atoms with Gasteiger partial charge in [0.1, 0.15) is 0 Å². The predicted octanol–water partition coefficient (Wildman–Crippen LogP) is 3.59. The van der Waals surface area contributed by atoms with Gasteiger partial charge in [-0.25, -0.2) is 0 Å². The van der Waals surface area contributed by atoms with Crippen molar-refractivity contribution < 1.29 is 0 Å². The van der Waals surface area contributed by atoms with Crippen molar-refractivity contribution in [3.8, 4) is 0 Å². The fourth-order valence-electron chi connectivity index (χ4n) is 1.77. The fraction of sp³-hybridized carbons (Fsp3) is 0.0714. The van der Waals surface area contributed by atoms with Crippen LogP contribution in [0.5, 0.6) is 0 Å². The zero-order chi connectivity index (χ0) is 11.5. The maximum absolute atomic E-state index is 4.37. The minimum absolute atomic E-state index is 0.954. The van der Waals surface area contributed by atoms with E-state index >= 15 is 0 Å². The quantitative estimate of drug-likeness (QED) is 0.798. The molecule has 0 unspecified atom stereocenters. The Balaban J connectivity index is 1.87. The zero-order valence-corrected chi connectivity index (χ0v) is 10.1. The second-order valence-electron chi connectivity index (χ2n) is 3.79. The summed E-state index contributed by atoms with van der Waals surface area (Å²) in [6.07, 6.45) is 4.00. The van der Waals surface area contributed by atoms with E-state index in [0.29, 0.717) is 0 Å². The van der Waals surface area contributed by atoms with Crippen LogP contribution in [0.15, 0.2) is 60.9 Å². The van der Waals surface area contributed by atoms with E-state index in [1.807, 2.05) is 42.2 Å². The summed E-state index contributed by atoms with van der Waals surface area (Å²) >= 11 is 1.82. The summed E-state index contributed by atoms with van der Waals surface area (Å²) < 4.78 is 0. The number of pyridine rings is 1. The third kappa shape index (κ3) is 2.19. The van der Waals surface area contributed by atoms with E-state index in [-0.39, 0.29) is 0 Å². The molecule has 0 bridgehead atoms. The highest BCUT2D eigenvalue weighted by atomic mass is 32.2. The Morgan fingerprint density at radius 1 is 1.00 bits per heavy atom. The average Bonchev–Trinajstić information content (AvgIpc) is 2.90. The van der Waals surface area contributed by atoms with Crippen molar-refractivity contribution in [1.82, 2.24) is 4.98 Å². The highest BCUT2D eigenvalue weighted by Crippen LogP contribution is 2.35. The second kappa shape index (κ2) is 4.63. The number of para-hydroxylation sites is 1. The average molecular weight is 240 g/mol. The number of benzene rings is 1. The molecule has 0 radical (unpaired) electrons. The van der Waals surface area contributed by atoms with Crippen molar-refractivity contribution in [2.45, 2.75) is 0 Å². The molecule has 1 aliphatic rings. The van der Waals surface area contributed by atoms with E-state index < -0.39 is 0 Å². The minimum Gasteiger partial charge on any atom is -0.337 e. The monoisotopic (exact) mass is 240 g/mol. The molecule has 0 N–H and O–H groups in total. The van der Waals surface area contributed by atoms with E-state index in [4.69, 9.17) is 0 Å². The lowest BCUT2D eigenvalue weighted by molar-refractivity contribution is 1.19. The molecular weight excluding hydrogens is 228 g/mol. The minimum atomic E-state index is 0.954. The van der Waals surface area contributed by atoms with Crippen LogP contribution in [-0.4, -0.2) is 10.9 Å². The summed E-state index contributed by atoms with van der Waals surface area (Å²) in [5, 5.41) is 0. The number of anilines is 1. The molecule has 1 aromatic heterocycles. The molecule has 0 spiro atoms. The molecule has 0 amide bonds. The van der Waals surface area contributed by atoms with Gasteiger partial charge in [0.2, 0.25) is 0 Å². The van der Waals surface area contributed by atoms with Crippen molar-refractivity contribution in [2.75, 3.05) is 10.8 Å². The molecule has 0 aliphatic carbocycles. The lowest BCUT2D eigenvalue weighted by Crippen LogP contribution is -2.09. The number of rotatable bonds is 2. The molecule has 3 heteroatoms. The standard InChI is InChI=1S/C14H12N2S/c1-2-6-12(7-3-1)16-10-14(17-11-16)13-8-4-5-9-15-13/h1-10H,11H2. The lowest BCUT2D eigenvalue weighted by Gasteiger charge is -2.13. The predicted molar refractivity (Wildman–Crippen MR) is 73.6 cm³/mol. The van der Waals surface area contributed by atoms with Gasteiger partial charge < -0.3 is 4.90 Å². The van der Waals surface area contributed by atoms with E-state index in [9.17, 15) is 0 Å². The Bertz CT molecular complexity index is 522. The van der Waals surface area contributed by atoms with E-state index in [2.05, 4.69) is 40.3 Å². The lowest BCUT2D eigenvalue weighted by atomic mass is 10.3. The molecule has 0 atom stereocenters. The van der Waals surface area contributed by atoms with Gasteiger partial charge in [-0.15, -0.1) is 11.8 Å². The summed E-state index contributed by atoms with van der Waals surface area (Å²) in [5.41, 5.74) is 2.28. The SMILES string of the molecule is C1=C(c2ccccn2)SCN1c1ccccc1. The third-order valence-electron chi connectivity index (χ3n) is 2.64. The van der Waals surface area contributed by atoms with Gasteiger partial charge in [-0.3, -0.25) is 4.98 Å². The van der Waals surface area contributed by atoms with Crippen molar-refractivity contribution in [2.24, 2.45) is 0 Å². The summed E-state index contributed by atoms with van der Waals surface area (Å²) in [4.78, 5) is 7.85. The van der Waals surface area contributed by atoms with Crippen LogP contribution in [0.4, 0.5) is 5.69 Å².